The molecule has 2 N–H and O–H groups in total. The Morgan fingerprint density at radius 2 is 1.80 bits per heavy atom. The van der Waals surface area contributed by atoms with E-state index in [4.69, 9.17) is 0 Å². The van der Waals surface area contributed by atoms with E-state index in [2.05, 4.69) is 25.2 Å². The maximum Gasteiger partial charge on any atom is 0.251 e. The van der Waals surface area contributed by atoms with Crippen LogP contribution in [0.2, 0.25) is 0 Å². The van der Waals surface area contributed by atoms with Crippen LogP contribution in [0.25, 0.3) is 11.0 Å². The van der Waals surface area contributed by atoms with Gasteiger partial charge >= 0.3 is 0 Å². The third-order valence-electron chi connectivity index (χ3n) is 6.31. The molecule has 2 aliphatic rings. The van der Waals surface area contributed by atoms with Crippen molar-refractivity contribution >= 4 is 22.8 Å². The fourth-order valence-electron chi connectivity index (χ4n) is 4.95. The molecule has 2 aromatic heterocycles. The summed E-state index contributed by atoms with van der Waals surface area (Å²) in [5, 5.41) is 3.15. The molecule has 0 saturated carbocycles. The molecule has 2 fully saturated rings. The molecule has 0 radical (unpaired) electrons. The number of aryl methyl sites for hydroxylation is 1. The molecule has 5 rings (SSSR count). The zero-order valence-electron chi connectivity index (χ0n) is 16.8. The fraction of sp³-hybridized carbons (Fsp3) is 0.391. The molecule has 0 aliphatic carbocycles. The summed E-state index contributed by atoms with van der Waals surface area (Å²) in [4.78, 5) is 39.4. The molecule has 2 atom stereocenters. The van der Waals surface area contributed by atoms with Crippen LogP contribution in [-0.4, -0.2) is 49.8 Å². The first-order valence-corrected chi connectivity index (χ1v) is 10.6. The summed E-state index contributed by atoms with van der Waals surface area (Å²) < 4.78 is 0. The first kappa shape index (κ1) is 18.8. The Bertz CT molecular complexity index is 1020. The van der Waals surface area contributed by atoms with E-state index in [0.29, 0.717) is 18.4 Å². The number of carbonyl (C=O) groups is 2. The average molecular weight is 403 g/mol. The van der Waals surface area contributed by atoms with Crippen LogP contribution in [0.5, 0.6) is 0 Å². The average Bonchev–Trinajstić information content (AvgIpc) is 3.30. The molecule has 2 bridgehead atoms. The van der Waals surface area contributed by atoms with Gasteiger partial charge in [0.1, 0.15) is 5.82 Å². The molecule has 3 aromatic rings. The van der Waals surface area contributed by atoms with Crippen LogP contribution < -0.4 is 5.32 Å². The molecule has 2 aliphatic heterocycles. The van der Waals surface area contributed by atoms with Crippen molar-refractivity contribution in [2.75, 3.05) is 0 Å². The van der Waals surface area contributed by atoms with Gasteiger partial charge < -0.3 is 15.2 Å². The molecular formula is C23H25N5O2. The van der Waals surface area contributed by atoms with Gasteiger partial charge in [-0.1, -0.05) is 12.1 Å². The summed E-state index contributed by atoms with van der Waals surface area (Å²) in [6.45, 7) is 0. The Balaban J connectivity index is 1.18. The quantitative estimate of drug-likeness (QED) is 0.685. The summed E-state index contributed by atoms with van der Waals surface area (Å²) in [5.41, 5.74) is 2.57. The zero-order valence-corrected chi connectivity index (χ0v) is 16.8. The van der Waals surface area contributed by atoms with Gasteiger partial charge in [-0.2, -0.15) is 0 Å². The van der Waals surface area contributed by atoms with Gasteiger partial charge in [0.05, 0.1) is 11.0 Å². The summed E-state index contributed by atoms with van der Waals surface area (Å²) in [6.07, 6.45) is 8.01. The van der Waals surface area contributed by atoms with E-state index >= 15 is 0 Å². The highest BCUT2D eigenvalue weighted by atomic mass is 16.2. The van der Waals surface area contributed by atoms with Crippen LogP contribution in [0, 0.1) is 0 Å². The van der Waals surface area contributed by atoms with Gasteiger partial charge in [0.25, 0.3) is 5.91 Å². The predicted octanol–water partition coefficient (Wildman–Crippen LogP) is 2.84. The van der Waals surface area contributed by atoms with Crippen molar-refractivity contribution in [3.63, 3.8) is 0 Å². The van der Waals surface area contributed by atoms with Gasteiger partial charge in [0.2, 0.25) is 5.91 Å². The summed E-state index contributed by atoms with van der Waals surface area (Å²) in [5.74, 6) is 0.990. The van der Waals surface area contributed by atoms with E-state index in [1.165, 1.54) is 0 Å². The monoisotopic (exact) mass is 403 g/mol. The van der Waals surface area contributed by atoms with Crippen molar-refractivity contribution in [1.29, 1.82) is 0 Å². The number of hydrogen-bond donors (Lipinski definition) is 2. The number of para-hydroxylation sites is 2. The highest BCUT2D eigenvalue weighted by Crippen LogP contribution is 2.36. The molecule has 7 nitrogen and oxygen atoms in total. The van der Waals surface area contributed by atoms with Crippen molar-refractivity contribution in [1.82, 2.24) is 25.2 Å². The molecule has 154 valence electrons. The topological polar surface area (TPSA) is 91.0 Å². The molecule has 4 heterocycles. The van der Waals surface area contributed by atoms with Gasteiger partial charge in [-0.25, -0.2) is 4.98 Å². The molecule has 7 heteroatoms. The Kier molecular flexibility index (Phi) is 4.94. The van der Waals surface area contributed by atoms with Crippen LogP contribution in [0.4, 0.5) is 0 Å². The van der Waals surface area contributed by atoms with Crippen molar-refractivity contribution in [3.8, 4) is 0 Å². The van der Waals surface area contributed by atoms with E-state index in [9.17, 15) is 9.59 Å². The van der Waals surface area contributed by atoms with Crippen molar-refractivity contribution in [2.45, 2.75) is 56.7 Å². The second kappa shape index (κ2) is 7.89. The second-order valence-corrected chi connectivity index (χ2v) is 8.26. The van der Waals surface area contributed by atoms with Crippen molar-refractivity contribution < 1.29 is 9.59 Å². The number of aromatic nitrogens is 3. The maximum atomic E-state index is 13.0. The second-order valence-electron chi connectivity index (χ2n) is 8.26. The first-order valence-electron chi connectivity index (χ1n) is 10.6. The number of piperidine rings is 1. The maximum absolute atomic E-state index is 13.0. The Morgan fingerprint density at radius 3 is 2.53 bits per heavy atom. The van der Waals surface area contributed by atoms with Gasteiger partial charge in [0.15, 0.2) is 0 Å². The number of benzene rings is 1. The minimum absolute atomic E-state index is 0.0635. The highest BCUT2D eigenvalue weighted by Gasteiger charge is 2.43. The van der Waals surface area contributed by atoms with E-state index in [1.54, 1.807) is 24.5 Å². The van der Waals surface area contributed by atoms with Crippen molar-refractivity contribution in [2.24, 2.45) is 0 Å². The van der Waals surface area contributed by atoms with Gasteiger partial charge in [-0.05, 0) is 49.9 Å². The number of nitrogens with zero attached hydrogens (tertiary/aromatic N) is 3. The smallest absolute Gasteiger partial charge is 0.251 e. The van der Waals surface area contributed by atoms with Crippen molar-refractivity contribution in [3.05, 3.63) is 60.2 Å². The van der Waals surface area contributed by atoms with E-state index in [1.807, 2.05) is 24.3 Å². The highest BCUT2D eigenvalue weighted by molar-refractivity contribution is 5.94. The number of carbonyl (C=O) groups excluding carboxylic acids is 2. The number of hydrogen-bond acceptors (Lipinski definition) is 4. The van der Waals surface area contributed by atoms with E-state index < -0.39 is 0 Å². The summed E-state index contributed by atoms with van der Waals surface area (Å²) in [6, 6.07) is 11.9. The SMILES string of the molecule is O=C(NC1CC2CCC(C1)N2C(=O)CCc1nc2ccccc2[nH]1)c1ccncc1. The number of pyridine rings is 1. The summed E-state index contributed by atoms with van der Waals surface area (Å²) in [7, 11) is 0. The molecule has 1 aromatic carbocycles. The first-order chi connectivity index (χ1) is 14.7. The molecule has 2 amide bonds. The third-order valence-corrected chi connectivity index (χ3v) is 6.31. The minimum atomic E-state index is -0.0635. The van der Waals surface area contributed by atoms with E-state index in [-0.39, 0.29) is 29.9 Å². The number of aromatic amines is 1. The fourth-order valence-corrected chi connectivity index (χ4v) is 4.95. The number of fused-ring (bicyclic) bond motifs is 3. The Morgan fingerprint density at radius 1 is 1.07 bits per heavy atom. The predicted molar refractivity (Wildman–Crippen MR) is 113 cm³/mol. The van der Waals surface area contributed by atoms with Gasteiger partial charge in [-0.15, -0.1) is 0 Å². The number of imidazole rings is 1. The van der Waals surface area contributed by atoms with Crippen LogP contribution in [0.15, 0.2) is 48.8 Å². The van der Waals surface area contributed by atoms with Crippen LogP contribution in [0.3, 0.4) is 0 Å². The van der Waals surface area contributed by atoms with Gasteiger partial charge in [0, 0.05) is 48.9 Å². The summed E-state index contributed by atoms with van der Waals surface area (Å²) >= 11 is 0. The molecule has 30 heavy (non-hydrogen) atoms. The molecule has 2 unspecified atom stereocenters. The van der Waals surface area contributed by atoms with Gasteiger partial charge in [-0.3, -0.25) is 14.6 Å². The molecule has 2 saturated heterocycles. The molecule has 0 spiro atoms. The standard InChI is InChI=1S/C23H25N5O2/c29-22(8-7-21-26-19-3-1-2-4-20(19)27-21)28-17-5-6-18(28)14-16(13-17)25-23(30)15-9-11-24-12-10-15/h1-4,9-12,16-18H,5-8,13-14H2,(H,25,30)(H,26,27). The minimum Gasteiger partial charge on any atom is -0.349 e. The number of H-pyrrole nitrogens is 1. The zero-order chi connectivity index (χ0) is 20.5. The van der Waals surface area contributed by atoms with Crippen LogP contribution in [-0.2, 0) is 11.2 Å². The van der Waals surface area contributed by atoms with Crippen LogP contribution >= 0.6 is 0 Å². The largest absolute Gasteiger partial charge is 0.349 e. The van der Waals surface area contributed by atoms with E-state index in [0.717, 1.165) is 42.5 Å². The number of nitrogens with one attached hydrogen (secondary N) is 2. The lowest BCUT2D eigenvalue weighted by molar-refractivity contribution is -0.135. The lowest BCUT2D eigenvalue weighted by Crippen LogP contribution is -2.52. The third kappa shape index (κ3) is 3.67. The lowest BCUT2D eigenvalue weighted by atomic mass is 9.96. The number of amides is 2. The normalized spacial score (nSPS) is 22.9. The Hall–Kier alpha value is -3.22. The molecular weight excluding hydrogens is 378 g/mol. The number of rotatable bonds is 5. The van der Waals surface area contributed by atoms with Crippen LogP contribution in [0.1, 0.15) is 48.3 Å². The Labute approximate surface area is 174 Å². The lowest BCUT2D eigenvalue weighted by Gasteiger charge is -2.39.